The maximum atomic E-state index is 11.7. The lowest BCUT2D eigenvalue weighted by Crippen LogP contribution is -2.35. The molecule has 0 aromatic carbocycles. The molecule has 0 spiro atoms. The maximum Gasteiger partial charge on any atom is 0.248 e. The summed E-state index contributed by atoms with van der Waals surface area (Å²) in [7, 11) is 1.95. The lowest BCUT2D eigenvalue weighted by molar-refractivity contribution is -0.135. The van der Waals surface area contributed by atoms with Crippen LogP contribution >= 0.6 is 0 Å². The molecule has 1 unspecified atom stereocenters. The van der Waals surface area contributed by atoms with E-state index in [0.717, 1.165) is 32.0 Å². The quantitative estimate of drug-likeness (QED) is 0.709. The molecule has 2 rings (SSSR count). The standard InChI is InChI=1S/C11H20N2O2/c1-12-10-4-5-13(6-10)11(14)8-15-7-9-2-3-9/h9-10,12H,2-8H2,1H3. The van der Waals surface area contributed by atoms with Crippen LogP contribution in [0.2, 0.25) is 0 Å². The minimum absolute atomic E-state index is 0.147. The zero-order valence-corrected chi connectivity index (χ0v) is 9.37. The van der Waals surface area contributed by atoms with E-state index in [4.69, 9.17) is 4.74 Å². The van der Waals surface area contributed by atoms with E-state index in [-0.39, 0.29) is 12.5 Å². The Morgan fingerprint density at radius 3 is 2.87 bits per heavy atom. The van der Waals surface area contributed by atoms with Crippen LogP contribution in [0.5, 0.6) is 0 Å². The number of nitrogens with one attached hydrogen (secondary N) is 1. The molecular weight excluding hydrogens is 192 g/mol. The van der Waals surface area contributed by atoms with E-state index < -0.39 is 0 Å². The molecule has 1 saturated carbocycles. The summed E-state index contributed by atoms with van der Waals surface area (Å²) in [5.41, 5.74) is 0. The predicted molar refractivity (Wildman–Crippen MR) is 57.6 cm³/mol. The Bertz CT molecular complexity index is 229. The molecule has 1 amide bonds. The first-order valence-electron chi connectivity index (χ1n) is 5.82. The average Bonchev–Trinajstić information content (AvgIpc) is 2.94. The van der Waals surface area contributed by atoms with Crippen molar-refractivity contribution < 1.29 is 9.53 Å². The Labute approximate surface area is 91.0 Å². The van der Waals surface area contributed by atoms with Crippen molar-refractivity contribution in [3.63, 3.8) is 0 Å². The van der Waals surface area contributed by atoms with Gasteiger partial charge in [0.15, 0.2) is 0 Å². The van der Waals surface area contributed by atoms with Gasteiger partial charge in [-0.15, -0.1) is 0 Å². The smallest absolute Gasteiger partial charge is 0.248 e. The second kappa shape index (κ2) is 4.94. The second-order valence-electron chi connectivity index (χ2n) is 4.57. The first kappa shape index (κ1) is 10.9. The molecule has 1 atom stereocenters. The Hall–Kier alpha value is -0.610. The lowest BCUT2D eigenvalue weighted by atomic mass is 10.3. The third-order valence-electron chi connectivity index (χ3n) is 3.23. The van der Waals surface area contributed by atoms with E-state index in [1.165, 1.54) is 12.8 Å². The molecule has 1 aliphatic heterocycles. The number of carbonyl (C=O) groups is 1. The maximum absolute atomic E-state index is 11.7. The van der Waals surface area contributed by atoms with Crippen LogP contribution in [0.15, 0.2) is 0 Å². The summed E-state index contributed by atoms with van der Waals surface area (Å²) in [4.78, 5) is 13.6. The van der Waals surface area contributed by atoms with Crippen molar-refractivity contribution in [3.8, 4) is 0 Å². The highest BCUT2D eigenvalue weighted by Gasteiger charge is 2.26. The summed E-state index contributed by atoms with van der Waals surface area (Å²) in [6, 6.07) is 0.470. The van der Waals surface area contributed by atoms with Crippen LogP contribution in [-0.2, 0) is 9.53 Å². The largest absolute Gasteiger partial charge is 0.371 e. The van der Waals surface area contributed by atoms with E-state index in [9.17, 15) is 4.79 Å². The summed E-state index contributed by atoms with van der Waals surface area (Å²) in [5.74, 6) is 0.884. The zero-order valence-electron chi connectivity index (χ0n) is 9.37. The van der Waals surface area contributed by atoms with Gasteiger partial charge in [-0.1, -0.05) is 0 Å². The van der Waals surface area contributed by atoms with Crippen molar-refractivity contribution in [2.45, 2.75) is 25.3 Å². The molecule has 1 N–H and O–H groups in total. The molecule has 0 aromatic heterocycles. The van der Waals surface area contributed by atoms with Crippen molar-refractivity contribution in [3.05, 3.63) is 0 Å². The van der Waals surface area contributed by atoms with Crippen molar-refractivity contribution in [1.82, 2.24) is 10.2 Å². The van der Waals surface area contributed by atoms with Crippen LogP contribution in [0.25, 0.3) is 0 Å². The summed E-state index contributed by atoms with van der Waals surface area (Å²) < 4.78 is 5.39. The molecule has 15 heavy (non-hydrogen) atoms. The number of likely N-dealkylation sites (tertiary alicyclic amines) is 1. The monoisotopic (exact) mass is 212 g/mol. The van der Waals surface area contributed by atoms with Crippen LogP contribution in [0, 0.1) is 5.92 Å². The molecule has 4 heteroatoms. The second-order valence-corrected chi connectivity index (χ2v) is 4.57. The van der Waals surface area contributed by atoms with Crippen LogP contribution < -0.4 is 5.32 Å². The molecule has 1 heterocycles. The van der Waals surface area contributed by atoms with Gasteiger partial charge in [0.05, 0.1) is 6.61 Å². The normalized spacial score (nSPS) is 25.9. The average molecular weight is 212 g/mol. The van der Waals surface area contributed by atoms with Crippen molar-refractivity contribution in [2.75, 3.05) is 33.4 Å². The molecule has 86 valence electrons. The van der Waals surface area contributed by atoms with Crippen molar-refractivity contribution in [1.29, 1.82) is 0 Å². The molecule has 2 fully saturated rings. The number of rotatable bonds is 5. The van der Waals surface area contributed by atoms with Gasteiger partial charge < -0.3 is 15.0 Å². The molecule has 1 saturated heterocycles. The SMILES string of the molecule is CNC1CCN(C(=O)COCC2CC2)C1. The van der Waals surface area contributed by atoms with Gasteiger partial charge in [-0.2, -0.15) is 0 Å². The predicted octanol–water partition coefficient (Wildman–Crippen LogP) is 0.233. The van der Waals surface area contributed by atoms with E-state index in [0.29, 0.717) is 6.04 Å². The fourth-order valence-electron chi connectivity index (χ4n) is 1.91. The van der Waals surface area contributed by atoms with Gasteiger partial charge in [-0.05, 0) is 32.2 Å². The molecule has 1 aliphatic carbocycles. The van der Waals surface area contributed by atoms with Crippen molar-refractivity contribution >= 4 is 5.91 Å². The number of carbonyl (C=O) groups excluding carboxylic acids is 1. The van der Waals surface area contributed by atoms with Gasteiger partial charge in [0.1, 0.15) is 6.61 Å². The number of hydrogen-bond acceptors (Lipinski definition) is 3. The fourth-order valence-corrected chi connectivity index (χ4v) is 1.91. The Balaban J connectivity index is 1.62. The summed E-state index contributed by atoms with van der Waals surface area (Å²) >= 11 is 0. The van der Waals surface area contributed by atoms with Gasteiger partial charge >= 0.3 is 0 Å². The van der Waals surface area contributed by atoms with Gasteiger partial charge in [0.25, 0.3) is 0 Å². The van der Waals surface area contributed by atoms with Gasteiger partial charge in [0, 0.05) is 19.1 Å². The van der Waals surface area contributed by atoms with Gasteiger partial charge in [0.2, 0.25) is 5.91 Å². The summed E-state index contributed by atoms with van der Waals surface area (Å²) in [6.45, 7) is 2.75. The highest BCUT2D eigenvalue weighted by molar-refractivity contribution is 5.77. The highest BCUT2D eigenvalue weighted by atomic mass is 16.5. The van der Waals surface area contributed by atoms with Crippen LogP contribution in [0.4, 0.5) is 0 Å². The number of likely N-dealkylation sites (N-methyl/N-ethyl adjacent to an activating group) is 1. The number of nitrogens with zero attached hydrogens (tertiary/aromatic N) is 1. The molecule has 0 radical (unpaired) electrons. The van der Waals surface area contributed by atoms with E-state index in [2.05, 4.69) is 5.32 Å². The van der Waals surface area contributed by atoms with Crippen LogP contribution in [0.3, 0.4) is 0 Å². The molecule has 4 nitrogen and oxygen atoms in total. The van der Waals surface area contributed by atoms with Gasteiger partial charge in [-0.25, -0.2) is 0 Å². The van der Waals surface area contributed by atoms with E-state index >= 15 is 0 Å². The Morgan fingerprint density at radius 1 is 1.47 bits per heavy atom. The van der Waals surface area contributed by atoms with Crippen LogP contribution in [0.1, 0.15) is 19.3 Å². The minimum atomic E-state index is 0.147. The third-order valence-corrected chi connectivity index (χ3v) is 3.23. The van der Waals surface area contributed by atoms with E-state index in [1.54, 1.807) is 0 Å². The molecule has 2 aliphatic rings. The Morgan fingerprint density at radius 2 is 2.27 bits per heavy atom. The third kappa shape index (κ3) is 3.18. The molecule has 0 bridgehead atoms. The number of hydrogen-bond donors (Lipinski definition) is 1. The van der Waals surface area contributed by atoms with Crippen molar-refractivity contribution in [2.24, 2.45) is 5.92 Å². The fraction of sp³-hybridized carbons (Fsp3) is 0.909. The minimum Gasteiger partial charge on any atom is -0.371 e. The van der Waals surface area contributed by atoms with Gasteiger partial charge in [-0.3, -0.25) is 4.79 Å². The number of ether oxygens (including phenoxy) is 1. The number of amides is 1. The Kier molecular flexibility index (Phi) is 3.59. The topological polar surface area (TPSA) is 41.6 Å². The molecular formula is C11H20N2O2. The van der Waals surface area contributed by atoms with Crippen LogP contribution in [-0.4, -0.2) is 50.2 Å². The highest BCUT2D eigenvalue weighted by Crippen LogP contribution is 2.28. The van der Waals surface area contributed by atoms with E-state index in [1.807, 2.05) is 11.9 Å². The molecule has 0 aromatic rings. The first-order chi connectivity index (χ1) is 7.29. The first-order valence-corrected chi connectivity index (χ1v) is 5.82. The summed E-state index contributed by atoms with van der Waals surface area (Å²) in [6.07, 6.45) is 3.62. The summed E-state index contributed by atoms with van der Waals surface area (Å²) in [5, 5.41) is 3.20. The zero-order chi connectivity index (χ0) is 10.7. The lowest BCUT2D eigenvalue weighted by Gasteiger charge is -2.16.